The van der Waals surface area contributed by atoms with E-state index in [2.05, 4.69) is 16.0 Å². The Balaban J connectivity index is 1.64. The van der Waals surface area contributed by atoms with Crippen molar-refractivity contribution in [2.75, 3.05) is 18.0 Å². The number of hydrogen-bond acceptors (Lipinski definition) is 5. The molecule has 3 rings (SSSR count). The molecule has 2 aliphatic rings. The van der Waals surface area contributed by atoms with E-state index in [0.717, 1.165) is 24.3 Å². The highest BCUT2D eigenvalue weighted by Gasteiger charge is 2.46. The Labute approximate surface area is 136 Å². The average molecular weight is 314 g/mol. The molecule has 0 aliphatic carbocycles. The molecule has 0 unspecified atom stereocenters. The number of nitriles is 1. The van der Waals surface area contributed by atoms with Gasteiger partial charge in [-0.15, -0.1) is 0 Å². The maximum atomic E-state index is 12.2. The third-order valence-electron chi connectivity index (χ3n) is 4.26. The van der Waals surface area contributed by atoms with Crippen LogP contribution in [-0.4, -0.2) is 46.8 Å². The number of fused-ring (bicyclic) bond motifs is 2. The summed E-state index contributed by atoms with van der Waals surface area (Å²) in [5.41, 5.74) is 0.465. The van der Waals surface area contributed by atoms with Gasteiger partial charge in [0.15, 0.2) is 0 Å². The first-order chi connectivity index (χ1) is 10.9. The zero-order valence-corrected chi connectivity index (χ0v) is 13.8. The molecular formula is C17H22N4O2. The summed E-state index contributed by atoms with van der Waals surface area (Å²) < 4.78 is 5.48. The van der Waals surface area contributed by atoms with E-state index in [-0.39, 0.29) is 12.1 Å². The van der Waals surface area contributed by atoms with Gasteiger partial charge in [0, 0.05) is 19.3 Å². The summed E-state index contributed by atoms with van der Waals surface area (Å²) >= 11 is 0. The maximum Gasteiger partial charge on any atom is 0.410 e. The lowest BCUT2D eigenvalue weighted by atomic mass is 10.2. The fourth-order valence-electron chi connectivity index (χ4n) is 3.27. The van der Waals surface area contributed by atoms with Crippen LogP contribution in [0.4, 0.5) is 10.6 Å². The molecule has 0 saturated carbocycles. The molecular weight excluding hydrogens is 292 g/mol. The molecule has 1 aromatic heterocycles. The van der Waals surface area contributed by atoms with E-state index in [1.54, 1.807) is 6.20 Å². The molecule has 122 valence electrons. The van der Waals surface area contributed by atoms with E-state index in [1.165, 1.54) is 0 Å². The first-order valence-electron chi connectivity index (χ1n) is 7.95. The minimum absolute atomic E-state index is 0.190. The van der Waals surface area contributed by atoms with E-state index < -0.39 is 5.60 Å². The Morgan fingerprint density at radius 1 is 1.39 bits per heavy atom. The molecule has 23 heavy (non-hydrogen) atoms. The van der Waals surface area contributed by atoms with Crippen LogP contribution in [-0.2, 0) is 11.2 Å². The molecule has 0 spiro atoms. The van der Waals surface area contributed by atoms with Crippen molar-refractivity contribution >= 4 is 11.9 Å². The van der Waals surface area contributed by atoms with Crippen LogP contribution in [0.1, 0.15) is 32.8 Å². The minimum atomic E-state index is -0.462. The van der Waals surface area contributed by atoms with Crippen LogP contribution in [0, 0.1) is 11.3 Å². The van der Waals surface area contributed by atoms with Crippen molar-refractivity contribution in [3.05, 3.63) is 23.9 Å². The van der Waals surface area contributed by atoms with Gasteiger partial charge in [0.2, 0.25) is 0 Å². The van der Waals surface area contributed by atoms with Gasteiger partial charge in [0.25, 0.3) is 0 Å². The van der Waals surface area contributed by atoms with Crippen molar-refractivity contribution in [1.82, 2.24) is 9.88 Å². The number of pyridine rings is 1. The van der Waals surface area contributed by atoms with Gasteiger partial charge >= 0.3 is 6.09 Å². The van der Waals surface area contributed by atoms with E-state index >= 15 is 0 Å². The van der Waals surface area contributed by atoms with Crippen LogP contribution in [0.5, 0.6) is 0 Å². The topological polar surface area (TPSA) is 69.5 Å². The van der Waals surface area contributed by atoms with Crippen molar-refractivity contribution in [2.45, 2.75) is 51.3 Å². The fourth-order valence-corrected chi connectivity index (χ4v) is 3.27. The summed E-state index contributed by atoms with van der Waals surface area (Å²) in [7, 11) is 0. The second-order valence-corrected chi connectivity index (χ2v) is 7.19. The zero-order valence-electron chi connectivity index (χ0n) is 13.8. The molecule has 2 aliphatic heterocycles. The number of aromatic nitrogens is 1. The average Bonchev–Trinajstić information content (AvgIpc) is 3.07. The zero-order chi connectivity index (χ0) is 16.6. The van der Waals surface area contributed by atoms with Gasteiger partial charge in [-0.25, -0.2) is 9.78 Å². The van der Waals surface area contributed by atoms with E-state index in [4.69, 9.17) is 10.00 Å². The molecule has 0 aromatic carbocycles. The summed E-state index contributed by atoms with van der Waals surface area (Å²) in [6.45, 7) is 7.13. The lowest BCUT2D eigenvalue weighted by Gasteiger charge is -2.35. The minimum Gasteiger partial charge on any atom is -0.444 e. The van der Waals surface area contributed by atoms with Gasteiger partial charge in [0.05, 0.1) is 24.6 Å². The maximum absolute atomic E-state index is 12.2. The summed E-state index contributed by atoms with van der Waals surface area (Å²) in [4.78, 5) is 20.8. The summed E-state index contributed by atoms with van der Waals surface area (Å²) in [6, 6.07) is 6.52. The predicted octanol–water partition coefficient (Wildman–Crippen LogP) is 2.35. The Kier molecular flexibility index (Phi) is 3.88. The molecule has 6 nitrogen and oxygen atoms in total. The second kappa shape index (κ2) is 5.73. The Bertz CT molecular complexity index is 629. The third kappa shape index (κ3) is 3.24. The summed E-state index contributed by atoms with van der Waals surface area (Å²) in [5, 5.41) is 8.71. The molecule has 0 radical (unpaired) electrons. The van der Waals surface area contributed by atoms with Crippen molar-refractivity contribution in [2.24, 2.45) is 0 Å². The second-order valence-electron chi connectivity index (χ2n) is 7.19. The number of hydrogen-bond donors (Lipinski definition) is 0. The van der Waals surface area contributed by atoms with Crippen molar-refractivity contribution in [1.29, 1.82) is 5.26 Å². The molecule has 2 atom stereocenters. The summed E-state index contributed by atoms with van der Waals surface area (Å²) in [6.07, 6.45) is 2.88. The van der Waals surface area contributed by atoms with Crippen LogP contribution in [0.2, 0.25) is 0 Å². The molecule has 2 saturated heterocycles. The number of piperazine rings is 1. The lowest BCUT2D eigenvalue weighted by molar-refractivity contribution is 0.0214. The first kappa shape index (κ1) is 15.6. The number of carbonyl (C=O) groups excluding carboxylic acids is 1. The molecule has 1 amide bonds. The number of carbonyl (C=O) groups is 1. The van der Waals surface area contributed by atoms with Gasteiger partial charge in [-0.2, -0.15) is 5.26 Å². The first-order valence-corrected chi connectivity index (χ1v) is 7.95. The van der Waals surface area contributed by atoms with E-state index in [9.17, 15) is 4.79 Å². The van der Waals surface area contributed by atoms with Gasteiger partial charge < -0.3 is 14.5 Å². The number of anilines is 1. The smallest absolute Gasteiger partial charge is 0.410 e. The lowest BCUT2D eigenvalue weighted by Crippen LogP contribution is -2.50. The normalized spacial score (nSPS) is 23.0. The molecule has 1 aromatic rings. The highest BCUT2D eigenvalue weighted by Crippen LogP contribution is 2.34. The Hall–Kier alpha value is -2.29. The monoisotopic (exact) mass is 314 g/mol. The number of likely N-dealkylation sites (tertiary alicyclic amines) is 1. The number of ether oxygens (including phenoxy) is 1. The largest absolute Gasteiger partial charge is 0.444 e. The van der Waals surface area contributed by atoms with Gasteiger partial charge in [-0.05, 0) is 38.8 Å². The molecule has 2 fully saturated rings. The van der Waals surface area contributed by atoms with Crippen molar-refractivity contribution < 1.29 is 9.53 Å². The molecule has 6 heteroatoms. The third-order valence-corrected chi connectivity index (χ3v) is 4.26. The van der Waals surface area contributed by atoms with Crippen LogP contribution in [0.3, 0.4) is 0 Å². The summed E-state index contributed by atoms with van der Waals surface area (Å²) in [5.74, 6) is 0.919. The van der Waals surface area contributed by atoms with Gasteiger partial charge in [-0.1, -0.05) is 6.07 Å². The molecule has 3 heterocycles. The number of rotatable bonds is 2. The fraction of sp³-hybridized carbons (Fsp3) is 0.588. The Morgan fingerprint density at radius 2 is 2.17 bits per heavy atom. The SMILES string of the molecule is CC(C)(C)OC(=O)N1C[C@@H]2C[C@H]1CN2c1ccc(CC#N)cn1. The highest BCUT2D eigenvalue weighted by atomic mass is 16.6. The molecule has 0 N–H and O–H groups in total. The predicted molar refractivity (Wildman–Crippen MR) is 86.0 cm³/mol. The molecule has 2 bridgehead atoms. The van der Waals surface area contributed by atoms with Crippen LogP contribution >= 0.6 is 0 Å². The number of nitrogens with zero attached hydrogens (tertiary/aromatic N) is 4. The number of amides is 1. The quantitative estimate of drug-likeness (QED) is 0.838. The van der Waals surface area contributed by atoms with Crippen LogP contribution in [0.15, 0.2) is 18.3 Å². The van der Waals surface area contributed by atoms with E-state index in [1.807, 2.05) is 37.8 Å². The van der Waals surface area contributed by atoms with Crippen molar-refractivity contribution in [3.8, 4) is 6.07 Å². The van der Waals surface area contributed by atoms with Gasteiger partial charge in [-0.3, -0.25) is 0 Å². The standard InChI is InChI=1S/C17H22N4O2/c1-17(2,3)23-16(22)21-11-13-8-14(21)10-20(13)15-5-4-12(6-7-18)9-19-15/h4-5,9,13-14H,6,8,10-11H2,1-3H3/t13-,14-/m0/s1. The van der Waals surface area contributed by atoms with Crippen LogP contribution in [0.25, 0.3) is 0 Å². The van der Waals surface area contributed by atoms with Crippen LogP contribution < -0.4 is 4.90 Å². The van der Waals surface area contributed by atoms with Gasteiger partial charge in [0.1, 0.15) is 11.4 Å². The highest BCUT2D eigenvalue weighted by molar-refractivity contribution is 5.70. The van der Waals surface area contributed by atoms with E-state index in [0.29, 0.717) is 19.0 Å². The Morgan fingerprint density at radius 3 is 2.70 bits per heavy atom. The van der Waals surface area contributed by atoms with Crippen molar-refractivity contribution in [3.63, 3.8) is 0 Å².